The molecule has 0 spiro atoms. The van der Waals surface area contributed by atoms with Crippen molar-refractivity contribution >= 4 is 17.2 Å². The molecule has 6 nitrogen and oxygen atoms in total. The van der Waals surface area contributed by atoms with Gasteiger partial charge in [-0.3, -0.25) is 0 Å². The van der Waals surface area contributed by atoms with Gasteiger partial charge in [-0.15, -0.1) is 0 Å². The molecule has 2 aromatic carbocycles. The summed E-state index contributed by atoms with van der Waals surface area (Å²) in [6.07, 6.45) is 3.86. The number of nitrogens with one attached hydrogen (secondary N) is 1. The number of carbonyl (C=O) groups excluding carboxylic acids is 1. The van der Waals surface area contributed by atoms with Crippen LogP contribution in [0.5, 0.6) is 5.75 Å². The van der Waals surface area contributed by atoms with Crippen LogP contribution in [0.15, 0.2) is 72.9 Å². The van der Waals surface area contributed by atoms with Crippen molar-refractivity contribution in [3.63, 3.8) is 0 Å². The summed E-state index contributed by atoms with van der Waals surface area (Å²) in [6.45, 7) is 1.24. The molecule has 3 heterocycles. The quantitative estimate of drug-likeness (QED) is 0.448. The first-order valence-corrected chi connectivity index (χ1v) is 11.1. The van der Waals surface area contributed by atoms with E-state index in [1.165, 1.54) is 12.1 Å². The molecule has 7 heteroatoms. The minimum Gasteiger partial charge on any atom is -0.497 e. The topological polar surface area (TPSA) is 58.9 Å². The summed E-state index contributed by atoms with van der Waals surface area (Å²) < 4.78 is 20.7. The third-order valence-electron chi connectivity index (χ3n) is 6.09. The molecule has 1 aliphatic heterocycles. The van der Waals surface area contributed by atoms with Crippen LogP contribution >= 0.6 is 0 Å². The van der Waals surface area contributed by atoms with Gasteiger partial charge in [-0.1, -0.05) is 18.2 Å². The van der Waals surface area contributed by atoms with Crippen molar-refractivity contribution in [1.82, 2.24) is 14.3 Å². The fourth-order valence-electron chi connectivity index (χ4n) is 4.44. The number of hydrogen-bond donors (Lipinski definition) is 1. The second-order valence-corrected chi connectivity index (χ2v) is 8.23. The summed E-state index contributed by atoms with van der Waals surface area (Å²) in [4.78, 5) is 19.7. The van der Waals surface area contributed by atoms with Gasteiger partial charge in [0.05, 0.1) is 18.3 Å². The molecule has 0 saturated carbocycles. The highest BCUT2D eigenvalue weighted by Gasteiger charge is 2.28. The number of methoxy groups -OCH3 is 1. The number of likely N-dealkylation sites (tertiary alicyclic amines) is 1. The van der Waals surface area contributed by atoms with Crippen molar-refractivity contribution < 1.29 is 13.9 Å². The van der Waals surface area contributed by atoms with Gasteiger partial charge in [-0.05, 0) is 61.4 Å². The molecule has 0 radical (unpaired) electrons. The maximum Gasteiger partial charge on any atom is 0.321 e. The van der Waals surface area contributed by atoms with Gasteiger partial charge in [0, 0.05) is 36.5 Å². The molecule has 2 amide bonds. The monoisotopic (exact) mass is 444 g/mol. The van der Waals surface area contributed by atoms with Crippen LogP contribution in [0.3, 0.4) is 0 Å². The van der Waals surface area contributed by atoms with Crippen molar-refractivity contribution in [2.45, 2.75) is 18.8 Å². The minimum atomic E-state index is -0.330. The minimum absolute atomic E-state index is 0.104. The summed E-state index contributed by atoms with van der Waals surface area (Å²) >= 11 is 0. The standard InChI is InChI=1S/C26H25FN4O2/c1-33-22-8-4-6-18(16-22)24-23-9-2-3-15-31(23)25(29-24)19-7-5-14-30(17-19)26(32)28-21-12-10-20(27)11-13-21/h2-4,6,8-13,15-16,19H,5,7,14,17H2,1H3,(H,28,32)/t19-/m1/s1. The van der Waals surface area contributed by atoms with E-state index in [4.69, 9.17) is 9.72 Å². The van der Waals surface area contributed by atoms with Crippen molar-refractivity contribution in [2.75, 3.05) is 25.5 Å². The number of aromatic nitrogens is 2. The third-order valence-corrected chi connectivity index (χ3v) is 6.09. The van der Waals surface area contributed by atoms with Gasteiger partial charge in [-0.25, -0.2) is 14.2 Å². The molecule has 0 aliphatic carbocycles. The lowest BCUT2D eigenvalue weighted by Gasteiger charge is -2.32. The van der Waals surface area contributed by atoms with Crippen LogP contribution in [0.2, 0.25) is 0 Å². The Labute approximate surface area is 191 Å². The normalized spacial score (nSPS) is 16.1. The zero-order valence-corrected chi connectivity index (χ0v) is 18.4. The summed E-state index contributed by atoms with van der Waals surface area (Å²) in [5.74, 6) is 1.51. The smallest absolute Gasteiger partial charge is 0.321 e. The number of anilines is 1. The van der Waals surface area contributed by atoms with Crippen molar-refractivity contribution in [3.05, 3.63) is 84.6 Å². The first-order valence-electron chi connectivity index (χ1n) is 11.1. The molecule has 1 N–H and O–H groups in total. The Hall–Kier alpha value is -3.87. The largest absolute Gasteiger partial charge is 0.497 e. The average molecular weight is 445 g/mol. The number of rotatable bonds is 4. The lowest BCUT2D eigenvalue weighted by atomic mass is 9.97. The van der Waals surface area contributed by atoms with Crippen LogP contribution in [0.1, 0.15) is 24.6 Å². The molecular weight excluding hydrogens is 419 g/mol. The molecule has 33 heavy (non-hydrogen) atoms. The van der Waals surface area contributed by atoms with Crippen LogP contribution in [-0.4, -0.2) is 40.5 Å². The highest BCUT2D eigenvalue weighted by Crippen LogP contribution is 2.33. The summed E-state index contributed by atoms with van der Waals surface area (Å²) in [7, 11) is 1.66. The number of fused-ring (bicyclic) bond motifs is 1. The predicted octanol–water partition coefficient (Wildman–Crippen LogP) is 5.56. The first kappa shape index (κ1) is 21.0. The lowest BCUT2D eigenvalue weighted by Crippen LogP contribution is -2.42. The molecule has 1 fully saturated rings. The SMILES string of the molecule is COc1cccc(-c2nc([C@@H]3CCCN(C(=O)Nc4ccc(F)cc4)C3)n3ccccc23)c1. The highest BCUT2D eigenvalue weighted by atomic mass is 19.1. The molecular formula is C26H25FN4O2. The Balaban J connectivity index is 1.43. The van der Waals surface area contributed by atoms with Crippen molar-refractivity contribution in [3.8, 4) is 17.0 Å². The molecule has 168 valence electrons. The first-order chi connectivity index (χ1) is 16.1. The van der Waals surface area contributed by atoms with Crippen LogP contribution in [-0.2, 0) is 0 Å². The van der Waals surface area contributed by atoms with Gasteiger partial charge in [0.1, 0.15) is 17.4 Å². The number of amides is 2. The zero-order chi connectivity index (χ0) is 22.8. The zero-order valence-electron chi connectivity index (χ0n) is 18.4. The van der Waals surface area contributed by atoms with E-state index in [0.29, 0.717) is 18.8 Å². The van der Waals surface area contributed by atoms with Gasteiger partial charge < -0.3 is 19.4 Å². The number of ether oxygens (including phenoxy) is 1. The molecule has 5 rings (SSSR count). The summed E-state index contributed by atoms with van der Waals surface area (Å²) in [5, 5.41) is 2.87. The molecule has 2 aromatic heterocycles. The summed E-state index contributed by atoms with van der Waals surface area (Å²) in [5.41, 5.74) is 3.49. The van der Waals surface area contributed by atoms with E-state index in [0.717, 1.165) is 41.2 Å². The Morgan fingerprint density at radius 1 is 1.12 bits per heavy atom. The van der Waals surface area contributed by atoms with Gasteiger partial charge >= 0.3 is 6.03 Å². The van der Waals surface area contributed by atoms with E-state index >= 15 is 0 Å². The molecule has 0 unspecified atom stereocenters. The Bertz CT molecular complexity index is 1290. The van der Waals surface area contributed by atoms with Gasteiger partial charge in [0.25, 0.3) is 0 Å². The second kappa shape index (κ2) is 8.94. The Morgan fingerprint density at radius 3 is 2.79 bits per heavy atom. The molecule has 4 aromatic rings. The number of urea groups is 1. The van der Waals surface area contributed by atoms with E-state index in [1.807, 2.05) is 47.5 Å². The van der Waals surface area contributed by atoms with Gasteiger partial charge in [0.2, 0.25) is 0 Å². The number of carbonyl (C=O) groups is 1. The number of nitrogens with zero attached hydrogens (tertiary/aromatic N) is 3. The Kier molecular flexibility index (Phi) is 5.69. The molecule has 1 saturated heterocycles. The van der Waals surface area contributed by atoms with Gasteiger partial charge in [-0.2, -0.15) is 0 Å². The van der Waals surface area contributed by atoms with Crippen LogP contribution < -0.4 is 10.1 Å². The number of imidazole rings is 1. The van der Waals surface area contributed by atoms with Crippen LogP contribution in [0, 0.1) is 5.82 Å². The van der Waals surface area contributed by atoms with Crippen LogP contribution in [0.4, 0.5) is 14.9 Å². The number of pyridine rings is 1. The maximum atomic E-state index is 13.2. The number of hydrogen-bond acceptors (Lipinski definition) is 3. The van der Waals surface area contributed by atoms with E-state index in [9.17, 15) is 9.18 Å². The fourth-order valence-corrected chi connectivity index (χ4v) is 4.44. The predicted molar refractivity (Wildman–Crippen MR) is 126 cm³/mol. The van der Waals surface area contributed by atoms with E-state index in [-0.39, 0.29) is 17.8 Å². The number of halogens is 1. The molecule has 1 atom stereocenters. The number of benzene rings is 2. The number of piperidine rings is 1. The molecule has 1 aliphatic rings. The van der Waals surface area contributed by atoms with E-state index in [1.54, 1.807) is 19.2 Å². The average Bonchev–Trinajstić information content (AvgIpc) is 3.25. The van der Waals surface area contributed by atoms with Crippen LogP contribution in [0.25, 0.3) is 16.8 Å². The second-order valence-electron chi connectivity index (χ2n) is 8.23. The van der Waals surface area contributed by atoms with E-state index in [2.05, 4.69) is 15.8 Å². The summed E-state index contributed by atoms with van der Waals surface area (Å²) in [6, 6.07) is 19.6. The Morgan fingerprint density at radius 2 is 1.97 bits per heavy atom. The van der Waals surface area contributed by atoms with Crippen molar-refractivity contribution in [2.24, 2.45) is 0 Å². The van der Waals surface area contributed by atoms with E-state index < -0.39 is 0 Å². The van der Waals surface area contributed by atoms with Crippen molar-refractivity contribution in [1.29, 1.82) is 0 Å². The third kappa shape index (κ3) is 4.26. The van der Waals surface area contributed by atoms with Gasteiger partial charge in [0.15, 0.2) is 0 Å². The maximum absolute atomic E-state index is 13.2. The lowest BCUT2D eigenvalue weighted by molar-refractivity contribution is 0.191. The highest BCUT2D eigenvalue weighted by molar-refractivity contribution is 5.89. The molecule has 0 bridgehead atoms. The fraction of sp³-hybridized carbons (Fsp3) is 0.231.